The average molecular weight is 250 g/mol. The lowest BCUT2D eigenvalue weighted by Crippen LogP contribution is -2.41. The highest BCUT2D eigenvalue weighted by Crippen LogP contribution is 2.12. The topological polar surface area (TPSA) is 41.6 Å². The molecule has 1 heterocycles. The molecule has 1 atom stereocenters. The van der Waals surface area contributed by atoms with Gasteiger partial charge in [-0.25, -0.2) is 13.6 Å². The highest BCUT2D eigenvalue weighted by molar-refractivity contribution is 5.68. The zero-order chi connectivity index (χ0) is 13.1. The summed E-state index contributed by atoms with van der Waals surface area (Å²) < 4.78 is 29.4. The second-order valence-corrected chi connectivity index (χ2v) is 5.28. The first-order valence-electron chi connectivity index (χ1n) is 5.76. The number of likely N-dealkylation sites (tertiary alicyclic amines) is 1. The molecule has 1 rings (SSSR count). The van der Waals surface area contributed by atoms with E-state index in [4.69, 9.17) is 4.74 Å². The molecular formula is C11H20F2N2O2. The Morgan fingerprint density at radius 3 is 2.71 bits per heavy atom. The summed E-state index contributed by atoms with van der Waals surface area (Å²) in [6.07, 6.45) is -2.12. The molecule has 0 unspecified atom stereocenters. The number of rotatable bonds is 3. The lowest BCUT2D eigenvalue weighted by Gasteiger charge is -2.22. The Balaban J connectivity index is 2.28. The van der Waals surface area contributed by atoms with Crippen LogP contribution in [0.4, 0.5) is 13.6 Å². The SMILES string of the molecule is CC(C)(C)OC(=O)N[C@@H]1CCN(CC(F)F)C1. The standard InChI is InChI=1S/C11H20F2N2O2/c1-11(2,3)17-10(16)14-8-4-5-15(6-8)7-9(12)13/h8-9H,4-7H2,1-3H3,(H,14,16)/t8-/m1/s1. The van der Waals surface area contributed by atoms with Crippen LogP contribution in [0.25, 0.3) is 0 Å². The molecule has 17 heavy (non-hydrogen) atoms. The molecule has 0 radical (unpaired) electrons. The fourth-order valence-corrected chi connectivity index (χ4v) is 1.79. The van der Waals surface area contributed by atoms with E-state index < -0.39 is 18.1 Å². The van der Waals surface area contributed by atoms with Crippen LogP contribution in [0.2, 0.25) is 0 Å². The molecule has 0 spiro atoms. The number of nitrogens with one attached hydrogen (secondary N) is 1. The zero-order valence-corrected chi connectivity index (χ0v) is 10.5. The van der Waals surface area contributed by atoms with Crippen LogP contribution in [0.1, 0.15) is 27.2 Å². The number of alkyl halides is 2. The van der Waals surface area contributed by atoms with Gasteiger partial charge in [0, 0.05) is 19.1 Å². The van der Waals surface area contributed by atoms with Gasteiger partial charge in [0.2, 0.25) is 0 Å². The third-order valence-corrected chi connectivity index (χ3v) is 2.39. The maximum Gasteiger partial charge on any atom is 0.407 e. The van der Waals surface area contributed by atoms with Gasteiger partial charge in [0.25, 0.3) is 6.43 Å². The van der Waals surface area contributed by atoms with E-state index >= 15 is 0 Å². The predicted molar refractivity (Wildman–Crippen MR) is 60.2 cm³/mol. The van der Waals surface area contributed by atoms with Crippen molar-refractivity contribution in [2.24, 2.45) is 0 Å². The van der Waals surface area contributed by atoms with E-state index in [9.17, 15) is 13.6 Å². The van der Waals surface area contributed by atoms with E-state index in [-0.39, 0.29) is 12.6 Å². The van der Waals surface area contributed by atoms with E-state index in [0.717, 1.165) is 0 Å². The molecule has 0 aliphatic carbocycles. The number of alkyl carbamates (subject to hydrolysis) is 1. The van der Waals surface area contributed by atoms with Crippen molar-refractivity contribution in [1.82, 2.24) is 10.2 Å². The Kier molecular flexibility index (Phi) is 4.68. The van der Waals surface area contributed by atoms with E-state index in [1.807, 2.05) is 0 Å². The smallest absolute Gasteiger partial charge is 0.407 e. The van der Waals surface area contributed by atoms with Gasteiger partial charge in [0.1, 0.15) is 5.60 Å². The molecule has 0 saturated carbocycles. The molecule has 0 aromatic rings. The molecule has 0 bridgehead atoms. The van der Waals surface area contributed by atoms with Crippen molar-refractivity contribution < 1.29 is 18.3 Å². The molecule has 1 amide bonds. The van der Waals surface area contributed by atoms with Crippen molar-refractivity contribution in [1.29, 1.82) is 0 Å². The first-order chi connectivity index (χ1) is 7.76. The Bertz CT molecular complexity index is 267. The number of hydrogen-bond donors (Lipinski definition) is 1. The monoisotopic (exact) mass is 250 g/mol. The Morgan fingerprint density at radius 1 is 1.53 bits per heavy atom. The Labute approximate surface area is 100 Å². The van der Waals surface area contributed by atoms with Crippen molar-refractivity contribution in [3.05, 3.63) is 0 Å². The summed E-state index contributed by atoms with van der Waals surface area (Å²) >= 11 is 0. The largest absolute Gasteiger partial charge is 0.444 e. The van der Waals surface area contributed by atoms with Crippen LogP contribution in [-0.4, -0.2) is 48.7 Å². The molecule has 0 aromatic carbocycles. The maximum atomic E-state index is 12.1. The van der Waals surface area contributed by atoms with Gasteiger partial charge in [0.05, 0.1) is 6.54 Å². The predicted octanol–water partition coefficient (Wildman–Crippen LogP) is 1.85. The third-order valence-electron chi connectivity index (χ3n) is 2.39. The number of hydrogen-bond acceptors (Lipinski definition) is 3. The van der Waals surface area contributed by atoms with E-state index in [2.05, 4.69) is 5.32 Å². The minimum atomic E-state index is -2.32. The summed E-state index contributed by atoms with van der Waals surface area (Å²) in [4.78, 5) is 13.1. The van der Waals surface area contributed by atoms with E-state index in [1.165, 1.54) is 0 Å². The van der Waals surface area contributed by atoms with Gasteiger partial charge in [-0.05, 0) is 27.2 Å². The maximum absolute atomic E-state index is 12.1. The molecule has 1 N–H and O–H groups in total. The Morgan fingerprint density at radius 2 is 2.18 bits per heavy atom. The lowest BCUT2D eigenvalue weighted by atomic mass is 10.2. The molecule has 1 saturated heterocycles. The van der Waals surface area contributed by atoms with Crippen molar-refractivity contribution in [2.75, 3.05) is 19.6 Å². The van der Waals surface area contributed by atoms with Crippen LogP contribution in [0, 0.1) is 0 Å². The van der Waals surface area contributed by atoms with Crippen molar-refractivity contribution in [2.45, 2.75) is 45.3 Å². The van der Waals surface area contributed by atoms with Gasteiger partial charge < -0.3 is 10.1 Å². The van der Waals surface area contributed by atoms with Crippen molar-refractivity contribution >= 4 is 6.09 Å². The highest BCUT2D eigenvalue weighted by Gasteiger charge is 2.27. The summed E-state index contributed by atoms with van der Waals surface area (Å²) in [5, 5.41) is 2.69. The van der Waals surface area contributed by atoms with Gasteiger partial charge in [-0.15, -0.1) is 0 Å². The van der Waals surface area contributed by atoms with Crippen LogP contribution in [0.5, 0.6) is 0 Å². The molecular weight excluding hydrogens is 230 g/mol. The molecule has 1 aliphatic heterocycles. The van der Waals surface area contributed by atoms with E-state index in [0.29, 0.717) is 19.5 Å². The van der Waals surface area contributed by atoms with Crippen LogP contribution in [-0.2, 0) is 4.74 Å². The van der Waals surface area contributed by atoms with Gasteiger partial charge >= 0.3 is 6.09 Å². The van der Waals surface area contributed by atoms with Crippen LogP contribution < -0.4 is 5.32 Å². The average Bonchev–Trinajstić information content (AvgIpc) is 2.46. The number of nitrogens with zero attached hydrogens (tertiary/aromatic N) is 1. The number of halogens is 2. The first-order valence-corrected chi connectivity index (χ1v) is 5.76. The van der Waals surface area contributed by atoms with Crippen molar-refractivity contribution in [3.8, 4) is 0 Å². The highest BCUT2D eigenvalue weighted by atomic mass is 19.3. The molecule has 1 aliphatic rings. The lowest BCUT2D eigenvalue weighted by molar-refractivity contribution is 0.0503. The van der Waals surface area contributed by atoms with Gasteiger partial charge in [-0.3, -0.25) is 4.90 Å². The van der Waals surface area contributed by atoms with Crippen LogP contribution in [0.15, 0.2) is 0 Å². The summed E-state index contributed by atoms with van der Waals surface area (Å²) in [7, 11) is 0. The van der Waals surface area contributed by atoms with Gasteiger partial charge in [0.15, 0.2) is 0 Å². The minimum Gasteiger partial charge on any atom is -0.444 e. The van der Waals surface area contributed by atoms with Crippen molar-refractivity contribution in [3.63, 3.8) is 0 Å². The van der Waals surface area contributed by atoms with Crippen LogP contribution >= 0.6 is 0 Å². The normalized spacial score (nSPS) is 21.9. The second kappa shape index (κ2) is 5.62. The Hall–Kier alpha value is -0.910. The van der Waals surface area contributed by atoms with Gasteiger partial charge in [-0.2, -0.15) is 0 Å². The third kappa shape index (κ3) is 5.81. The molecule has 0 aromatic heterocycles. The summed E-state index contributed by atoms with van der Waals surface area (Å²) in [6, 6.07) is -0.0939. The summed E-state index contributed by atoms with van der Waals surface area (Å²) in [6.45, 7) is 6.17. The quantitative estimate of drug-likeness (QED) is 0.831. The number of carbonyl (C=O) groups is 1. The summed E-state index contributed by atoms with van der Waals surface area (Å²) in [5.41, 5.74) is -0.536. The summed E-state index contributed by atoms with van der Waals surface area (Å²) in [5.74, 6) is 0. The minimum absolute atomic E-state index is 0.0939. The molecule has 100 valence electrons. The molecule has 1 fully saturated rings. The zero-order valence-electron chi connectivity index (χ0n) is 10.5. The number of carbonyl (C=O) groups excluding carboxylic acids is 1. The molecule has 4 nitrogen and oxygen atoms in total. The molecule has 6 heteroatoms. The van der Waals surface area contributed by atoms with Crippen LogP contribution in [0.3, 0.4) is 0 Å². The van der Waals surface area contributed by atoms with Gasteiger partial charge in [-0.1, -0.05) is 0 Å². The van der Waals surface area contributed by atoms with E-state index in [1.54, 1.807) is 25.7 Å². The first kappa shape index (κ1) is 14.2. The fourth-order valence-electron chi connectivity index (χ4n) is 1.79. The second-order valence-electron chi connectivity index (χ2n) is 5.28. The number of amides is 1. The fraction of sp³-hybridized carbons (Fsp3) is 0.909. The number of ether oxygens (including phenoxy) is 1.